The minimum atomic E-state index is -0.0875. The van der Waals surface area contributed by atoms with Crippen molar-refractivity contribution < 1.29 is 19.0 Å². The van der Waals surface area contributed by atoms with E-state index in [1.54, 1.807) is 33.5 Å². The molecule has 2 aromatic rings. The van der Waals surface area contributed by atoms with E-state index in [1.807, 2.05) is 25.1 Å². The normalized spacial score (nSPS) is 10.6. The summed E-state index contributed by atoms with van der Waals surface area (Å²) in [7, 11) is 4.67. The first-order chi connectivity index (χ1) is 12.4. The van der Waals surface area contributed by atoms with Crippen molar-refractivity contribution in [2.75, 3.05) is 26.6 Å². The average molecular weight is 357 g/mol. The molecule has 0 aliphatic heterocycles. The Balaban J connectivity index is 2.26. The van der Waals surface area contributed by atoms with Crippen molar-refractivity contribution in [3.8, 4) is 17.2 Å². The van der Waals surface area contributed by atoms with Crippen LogP contribution in [0.5, 0.6) is 17.2 Å². The summed E-state index contributed by atoms with van der Waals surface area (Å²) in [6.45, 7) is 6.23. The molecule has 5 nitrogen and oxygen atoms in total. The highest BCUT2D eigenvalue weighted by Crippen LogP contribution is 2.38. The lowest BCUT2D eigenvalue weighted by Crippen LogP contribution is -2.17. The number of rotatable bonds is 7. The number of nitrogens with one attached hydrogen (secondary N) is 1. The molecule has 2 rings (SSSR count). The van der Waals surface area contributed by atoms with Gasteiger partial charge in [0.15, 0.2) is 11.5 Å². The summed E-state index contributed by atoms with van der Waals surface area (Å²) in [5.41, 5.74) is 3.86. The summed E-state index contributed by atoms with van der Waals surface area (Å²) in [5, 5.41) is 3.06. The van der Waals surface area contributed by atoms with Crippen LogP contribution in [0.15, 0.2) is 30.3 Å². The summed E-state index contributed by atoms with van der Waals surface area (Å²) >= 11 is 0. The Labute approximate surface area is 155 Å². The van der Waals surface area contributed by atoms with Crippen LogP contribution in [-0.2, 0) is 11.2 Å². The van der Waals surface area contributed by atoms with Crippen molar-refractivity contribution in [2.45, 2.75) is 33.1 Å². The second-order valence-electron chi connectivity index (χ2n) is 6.45. The molecular formula is C21H27NO4. The lowest BCUT2D eigenvalue weighted by molar-refractivity contribution is -0.115. The maximum Gasteiger partial charge on any atom is 0.228 e. The Hall–Kier alpha value is -2.69. The number of carbonyl (C=O) groups excluding carboxylic acids is 1. The van der Waals surface area contributed by atoms with E-state index in [0.717, 1.165) is 22.4 Å². The number of ether oxygens (including phenoxy) is 3. The standard InChI is InChI=1S/C21H27NO4/c1-13(2)16-9-7-8-14(3)20(16)22-19(23)12-15-10-17(24-4)21(26-6)18(11-15)25-5/h7-11,13H,12H2,1-6H3,(H,22,23). The summed E-state index contributed by atoms with van der Waals surface area (Å²) in [6, 6.07) is 9.65. The molecule has 0 saturated carbocycles. The third-order valence-electron chi connectivity index (χ3n) is 4.28. The zero-order valence-electron chi connectivity index (χ0n) is 16.3. The summed E-state index contributed by atoms with van der Waals surface area (Å²) in [5.74, 6) is 1.82. The fourth-order valence-electron chi connectivity index (χ4n) is 2.95. The Morgan fingerprint density at radius 1 is 1.04 bits per heavy atom. The van der Waals surface area contributed by atoms with E-state index >= 15 is 0 Å². The van der Waals surface area contributed by atoms with Gasteiger partial charge < -0.3 is 19.5 Å². The molecule has 140 valence electrons. The van der Waals surface area contributed by atoms with Crippen LogP contribution in [0, 0.1) is 6.92 Å². The van der Waals surface area contributed by atoms with Gasteiger partial charge in [-0.3, -0.25) is 4.79 Å². The number of carbonyl (C=O) groups is 1. The Morgan fingerprint density at radius 3 is 2.15 bits per heavy atom. The maximum absolute atomic E-state index is 12.6. The van der Waals surface area contributed by atoms with Crippen molar-refractivity contribution >= 4 is 11.6 Å². The molecule has 0 heterocycles. The molecular weight excluding hydrogens is 330 g/mol. The first-order valence-electron chi connectivity index (χ1n) is 8.59. The number of hydrogen-bond acceptors (Lipinski definition) is 4. The van der Waals surface area contributed by atoms with Crippen LogP contribution in [0.2, 0.25) is 0 Å². The summed E-state index contributed by atoms with van der Waals surface area (Å²) < 4.78 is 16.0. The van der Waals surface area contributed by atoms with Gasteiger partial charge in [-0.15, -0.1) is 0 Å². The third kappa shape index (κ3) is 4.28. The molecule has 26 heavy (non-hydrogen) atoms. The number of amides is 1. The van der Waals surface area contributed by atoms with Crippen molar-refractivity contribution in [3.63, 3.8) is 0 Å². The van der Waals surface area contributed by atoms with Crippen molar-refractivity contribution in [1.82, 2.24) is 0 Å². The molecule has 0 aliphatic rings. The van der Waals surface area contributed by atoms with Crippen LogP contribution in [-0.4, -0.2) is 27.2 Å². The van der Waals surface area contributed by atoms with Gasteiger partial charge in [0.1, 0.15) is 0 Å². The van der Waals surface area contributed by atoms with Gasteiger partial charge >= 0.3 is 0 Å². The van der Waals surface area contributed by atoms with Crippen molar-refractivity contribution in [3.05, 3.63) is 47.0 Å². The number of methoxy groups -OCH3 is 3. The third-order valence-corrected chi connectivity index (χ3v) is 4.28. The van der Waals surface area contributed by atoms with Gasteiger partial charge in [0, 0.05) is 5.69 Å². The predicted molar refractivity (Wildman–Crippen MR) is 104 cm³/mol. The van der Waals surface area contributed by atoms with Gasteiger partial charge in [0.2, 0.25) is 11.7 Å². The molecule has 0 spiro atoms. The van der Waals surface area contributed by atoms with Crippen LogP contribution < -0.4 is 19.5 Å². The minimum Gasteiger partial charge on any atom is -0.493 e. The van der Waals surface area contributed by atoms with Crippen LogP contribution in [0.4, 0.5) is 5.69 Å². The predicted octanol–water partition coefficient (Wildman–Crippen LogP) is 4.33. The zero-order valence-corrected chi connectivity index (χ0v) is 16.3. The molecule has 0 bridgehead atoms. The van der Waals surface area contributed by atoms with E-state index in [-0.39, 0.29) is 12.3 Å². The molecule has 5 heteroatoms. The lowest BCUT2D eigenvalue weighted by Gasteiger charge is -2.17. The molecule has 0 unspecified atom stereocenters. The van der Waals surface area contributed by atoms with Gasteiger partial charge in [-0.1, -0.05) is 32.0 Å². The van der Waals surface area contributed by atoms with Crippen LogP contribution in [0.3, 0.4) is 0 Å². The van der Waals surface area contributed by atoms with E-state index in [9.17, 15) is 4.79 Å². The number of aryl methyl sites for hydroxylation is 1. The molecule has 0 fully saturated rings. The first-order valence-corrected chi connectivity index (χ1v) is 8.59. The number of para-hydroxylation sites is 1. The highest BCUT2D eigenvalue weighted by Gasteiger charge is 2.16. The molecule has 0 aromatic heterocycles. The molecule has 0 atom stereocenters. The monoisotopic (exact) mass is 357 g/mol. The van der Waals surface area contributed by atoms with Gasteiger partial charge in [0.25, 0.3) is 0 Å². The van der Waals surface area contributed by atoms with Crippen molar-refractivity contribution in [2.24, 2.45) is 0 Å². The highest BCUT2D eigenvalue weighted by atomic mass is 16.5. The number of benzene rings is 2. The van der Waals surface area contributed by atoms with Gasteiger partial charge in [-0.05, 0) is 41.7 Å². The fraction of sp³-hybridized carbons (Fsp3) is 0.381. The van der Waals surface area contributed by atoms with Gasteiger partial charge in [-0.2, -0.15) is 0 Å². The van der Waals surface area contributed by atoms with E-state index in [1.165, 1.54) is 0 Å². The van der Waals surface area contributed by atoms with Gasteiger partial charge in [0.05, 0.1) is 27.8 Å². The SMILES string of the molecule is COc1cc(CC(=O)Nc2c(C)cccc2C(C)C)cc(OC)c1OC. The lowest BCUT2D eigenvalue weighted by atomic mass is 9.98. The van der Waals surface area contributed by atoms with Crippen LogP contribution >= 0.6 is 0 Å². The summed E-state index contributed by atoms with van der Waals surface area (Å²) in [4.78, 5) is 12.6. The molecule has 2 aromatic carbocycles. The molecule has 0 radical (unpaired) electrons. The maximum atomic E-state index is 12.6. The van der Waals surface area contributed by atoms with Gasteiger partial charge in [-0.25, -0.2) is 0 Å². The Bertz CT molecular complexity index is 759. The smallest absolute Gasteiger partial charge is 0.228 e. The molecule has 0 saturated heterocycles. The quantitative estimate of drug-likeness (QED) is 0.801. The van der Waals surface area contributed by atoms with E-state index in [2.05, 4.69) is 19.2 Å². The van der Waals surface area contributed by atoms with Crippen LogP contribution in [0.1, 0.15) is 36.5 Å². The first kappa shape index (κ1) is 19.6. The van der Waals surface area contributed by atoms with Crippen molar-refractivity contribution in [1.29, 1.82) is 0 Å². The van der Waals surface area contributed by atoms with E-state index in [0.29, 0.717) is 23.2 Å². The Morgan fingerprint density at radius 2 is 1.65 bits per heavy atom. The second-order valence-corrected chi connectivity index (χ2v) is 6.45. The molecule has 1 amide bonds. The highest BCUT2D eigenvalue weighted by molar-refractivity contribution is 5.94. The zero-order chi connectivity index (χ0) is 19.3. The van der Waals surface area contributed by atoms with Crippen LogP contribution in [0.25, 0.3) is 0 Å². The number of anilines is 1. The summed E-state index contributed by atoms with van der Waals surface area (Å²) in [6.07, 6.45) is 0.211. The molecule has 1 N–H and O–H groups in total. The topological polar surface area (TPSA) is 56.8 Å². The second kappa shape index (κ2) is 8.61. The minimum absolute atomic E-state index is 0.0875. The van der Waals surface area contributed by atoms with E-state index < -0.39 is 0 Å². The Kier molecular flexibility index (Phi) is 6.50. The molecule has 0 aliphatic carbocycles. The largest absolute Gasteiger partial charge is 0.493 e. The van der Waals surface area contributed by atoms with E-state index in [4.69, 9.17) is 14.2 Å². The number of hydrogen-bond donors (Lipinski definition) is 1. The fourth-order valence-corrected chi connectivity index (χ4v) is 2.95. The average Bonchev–Trinajstić information content (AvgIpc) is 2.62.